The number of carboxylic acid groups (broad SMARTS) is 1. The summed E-state index contributed by atoms with van der Waals surface area (Å²) in [5, 5.41) is 40.6. The summed E-state index contributed by atoms with van der Waals surface area (Å²) in [6.07, 6.45) is -5.09. The minimum Gasteiger partial charge on any atom is -0.478 e. The number of rotatable bonds is 5. The third-order valence-electron chi connectivity index (χ3n) is 3.60. The lowest BCUT2D eigenvalue weighted by Gasteiger charge is -2.42. The summed E-state index contributed by atoms with van der Waals surface area (Å²) in [5.74, 6) is -1.32. The third-order valence-corrected chi connectivity index (χ3v) is 3.60. The smallest absolute Gasteiger partial charge is 0.335 e. The highest BCUT2D eigenvalue weighted by Crippen LogP contribution is 2.24. The van der Waals surface area contributed by atoms with Gasteiger partial charge >= 0.3 is 5.97 Å². The molecule has 0 unspecified atom stereocenters. The zero-order valence-corrected chi connectivity index (χ0v) is 12.8. The van der Waals surface area contributed by atoms with Crippen LogP contribution in [0.2, 0.25) is 0 Å². The highest BCUT2D eigenvalue weighted by molar-refractivity contribution is 5.87. The Bertz CT molecular complexity index is 590. The molecule has 24 heavy (non-hydrogen) atoms. The molecule has 5 N–H and O–H groups in total. The Kier molecular flexibility index (Phi) is 5.73. The number of carbonyl (C=O) groups is 2. The van der Waals surface area contributed by atoms with Gasteiger partial charge in [0, 0.05) is 6.92 Å². The van der Waals surface area contributed by atoms with Crippen molar-refractivity contribution in [3.63, 3.8) is 0 Å². The number of aliphatic hydroxyl groups excluding tert-OH is 3. The Balaban J connectivity index is 2.19. The maximum atomic E-state index is 11.3. The highest BCUT2D eigenvalue weighted by atomic mass is 16.7. The zero-order valence-electron chi connectivity index (χ0n) is 12.8. The number of carboxylic acids is 1. The molecule has 1 heterocycles. The molecule has 9 heteroatoms. The van der Waals surface area contributed by atoms with Crippen LogP contribution in [0.5, 0.6) is 5.75 Å². The molecule has 5 atom stereocenters. The Morgan fingerprint density at radius 3 is 2.33 bits per heavy atom. The van der Waals surface area contributed by atoms with E-state index in [-0.39, 0.29) is 11.3 Å². The first kappa shape index (κ1) is 18.1. The van der Waals surface area contributed by atoms with Gasteiger partial charge in [0.05, 0.1) is 12.2 Å². The lowest BCUT2D eigenvalue weighted by atomic mass is 9.97. The van der Waals surface area contributed by atoms with E-state index in [1.54, 1.807) is 0 Å². The van der Waals surface area contributed by atoms with Gasteiger partial charge in [-0.1, -0.05) is 0 Å². The van der Waals surface area contributed by atoms with Crippen molar-refractivity contribution >= 4 is 11.9 Å². The molecule has 1 aliphatic heterocycles. The predicted octanol–water partition coefficient (Wildman–Crippen LogP) is -1.29. The summed E-state index contributed by atoms with van der Waals surface area (Å²) in [5.41, 5.74) is 0.0639. The molecule has 0 radical (unpaired) electrons. The standard InChI is InChI=1S/C15H19NO8/c1-7(18)16-11-13(20)12(19)10(6-17)24-15(11)23-9-4-2-8(3-5-9)14(21)22/h2-5,10-13,15,17,19-20H,6H2,1H3,(H,16,18)(H,21,22)/t10-,11+,12+,13-,15-/m0/s1. The van der Waals surface area contributed by atoms with Crippen LogP contribution in [0.3, 0.4) is 0 Å². The second kappa shape index (κ2) is 7.58. The van der Waals surface area contributed by atoms with Gasteiger partial charge < -0.3 is 35.2 Å². The number of amides is 1. The molecule has 1 amide bonds. The number of carbonyl (C=O) groups excluding carboxylic acids is 1. The lowest BCUT2D eigenvalue weighted by molar-refractivity contribution is -0.244. The summed E-state index contributed by atoms with van der Waals surface area (Å²) < 4.78 is 10.9. The van der Waals surface area contributed by atoms with Crippen molar-refractivity contribution in [2.75, 3.05) is 6.61 Å². The second-order valence-electron chi connectivity index (χ2n) is 5.38. The van der Waals surface area contributed by atoms with Crippen LogP contribution in [0.25, 0.3) is 0 Å². The molecule has 9 nitrogen and oxygen atoms in total. The Morgan fingerprint density at radius 2 is 1.83 bits per heavy atom. The van der Waals surface area contributed by atoms with Crippen LogP contribution in [0.1, 0.15) is 17.3 Å². The first-order valence-corrected chi connectivity index (χ1v) is 7.23. The maximum absolute atomic E-state index is 11.3. The van der Waals surface area contributed by atoms with E-state index < -0.39 is 49.1 Å². The lowest BCUT2D eigenvalue weighted by Crippen LogP contribution is -2.65. The van der Waals surface area contributed by atoms with Crippen molar-refractivity contribution in [2.24, 2.45) is 0 Å². The number of ether oxygens (including phenoxy) is 2. The first-order chi connectivity index (χ1) is 11.3. The van der Waals surface area contributed by atoms with E-state index in [9.17, 15) is 24.9 Å². The number of hydrogen-bond acceptors (Lipinski definition) is 7. The second-order valence-corrected chi connectivity index (χ2v) is 5.38. The van der Waals surface area contributed by atoms with Crippen molar-refractivity contribution < 1.29 is 39.5 Å². The summed E-state index contributed by atoms with van der Waals surface area (Å²) in [4.78, 5) is 22.1. The first-order valence-electron chi connectivity index (χ1n) is 7.23. The SMILES string of the molecule is CC(=O)N[C@H]1[C@@H](Oc2ccc(C(=O)O)cc2)O[C@@H](CO)[C@@H](O)[C@H]1O. The molecule has 132 valence electrons. The van der Waals surface area contributed by atoms with E-state index in [1.165, 1.54) is 31.2 Å². The fourth-order valence-corrected chi connectivity index (χ4v) is 2.38. The van der Waals surface area contributed by atoms with Crippen molar-refractivity contribution in [2.45, 2.75) is 37.6 Å². The van der Waals surface area contributed by atoms with Crippen molar-refractivity contribution in [1.29, 1.82) is 0 Å². The third kappa shape index (κ3) is 4.01. The average Bonchev–Trinajstić information content (AvgIpc) is 2.54. The summed E-state index contributed by atoms with van der Waals surface area (Å²) in [6, 6.07) is 4.36. The van der Waals surface area contributed by atoms with Crippen LogP contribution >= 0.6 is 0 Å². The average molecular weight is 341 g/mol. The topological polar surface area (TPSA) is 146 Å². The summed E-state index contributed by atoms with van der Waals surface area (Å²) in [6.45, 7) is 0.679. The molecule has 1 aromatic carbocycles. The fourth-order valence-electron chi connectivity index (χ4n) is 2.38. The molecule has 1 saturated heterocycles. The largest absolute Gasteiger partial charge is 0.478 e. The molecule has 0 spiro atoms. The molecule has 0 saturated carbocycles. The fraction of sp³-hybridized carbons (Fsp3) is 0.467. The summed E-state index contributed by atoms with van der Waals surface area (Å²) >= 11 is 0. The molecule has 1 fully saturated rings. The molecular formula is C15H19NO8. The van der Waals surface area contributed by atoms with E-state index in [2.05, 4.69) is 5.32 Å². The van der Waals surface area contributed by atoms with Crippen molar-refractivity contribution in [3.05, 3.63) is 29.8 Å². The zero-order chi connectivity index (χ0) is 17.9. The van der Waals surface area contributed by atoms with E-state index in [1.807, 2.05) is 0 Å². The van der Waals surface area contributed by atoms with Crippen LogP contribution in [0.4, 0.5) is 0 Å². The Morgan fingerprint density at radius 1 is 1.21 bits per heavy atom. The number of benzene rings is 1. The van der Waals surface area contributed by atoms with E-state index in [4.69, 9.17) is 14.6 Å². The Labute approximate surface area is 137 Å². The van der Waals surface area contributed by atoms with E-state index in [0.29, 0.717) is 0 Å². The normalized spacial score (nSPS) is 29.8. The minimum absolute atomic E-state index is 0.0639. The van der Waals surface area contributed by atoms with Gasteiger partial charge in [-0.3, -0.25) is 4.79 Å². The summed E-state index contributed by atoms with van der Waals surface area (Å²) in [7, 11) is 0. The van der Waals surface area contributed by atoms with Crippen molar-refractivity contribution in [3.8, 4) is 5.75 Å². The van der Waals surface area contributed by atoms with Crippen molar-refractivity contribution in [1.82, 2.24) is 5.32 Å². The van der Waals surface area contributed by atoms with Crippen LogP contribution < -0.4 is 10.1 Å². The monoisotopic (exact) mass is 341 g/mol. The van der Waals surface area contributed by atoms with E-state index >= 15 is 0 Å². The van der Waals surface area contributed by atoms with Gasteiger partial charge in [0.25, 0.3) is 0 Å². The van der Waals surface area contributed by atoms with Gasteiger partial charge in [0.1, 0.15) is 30.1 Å². The molecule has 0 bridgehead atoms. The molecule has 1 aromatic rings. The number of aromatic carboxylic acids is 1. The number of aliphatic hydroxyl groups is 3. The quantitative estimate of drug-likeness (QED) is 0.445. The minimum atomic E-state index is -1.41. The van der Waals surface area contributed by atoms with Crippen LogP contribution in [-0.4, -0.2) is 69.6 Å². The van der Waals surface area contributed by atoms with E-state index in [0.717, 1.165) is 0 Å². The number of nitrogens with one attached hydrogen (secondary N) is 1. The number of hydrogen-bond donors (Lipinski definition) is 5. The van der Waals surface area contributed by atoms with Gasteiger partial charge in [-0.2, -0.15) is 0 Å². The molecule has 1 aliphatic rings. The van der Waals surface area contributed by atoms with Gasteiger partial charge in [-0.15, -0.1) is 0 Å². The maximum Gasteiger partial charge on any atom is 0.335 e. The van der Waals surface area contributed by atoms with Crippen LogP contribution in [-0.2, 0) is 9.53 Å². The highest BCUT2D eigenvalue weighted by Gasteiger charge is 2.46. The van der Waals surface area contributed by atoms with Gasteiger partial charge in [-0.05, 0) is 24.3 Å². The van der Waals surface area contributed by atoms with Gasteiger partial charge in [0.2, 0.25) is 12.2 Å². The van der Waals surface area contributed by atoms with Gasteiger partial charge in [-0.25, -0.2) is 4.79 Å². The molecule has 2 rings (SSSR count). The molecule has 0 aliphatic carbocycles. The molecule has 0 aromatic heterocycles. The Hall–Kier alpha value is -2.20. The molecular weight excluding hydrogens is 322 g/mol. The predicted molar refractivity (Wildman–Crippen MR) is 79.4 cm³/mol. The van der Waals surface area contributed by atoms with Gasteiger partial charge in [0.15, 0.2) is 0 Å². The van der Waals surface area contributed by atoms with Crippen LogP contribution in [0.15, 0.2) is 24.3 Å². The van der Waals surface area contributed by atoms with Crippen LogP contribution in [0, 0.1) is 0 Å².